The Morgan fingerprint density at radius 3 is 2.42 bits per heavy atom. The van der Waals surface area contributed by atoms with E-state index < -0.39 is 23.9 Å². The summed E-state index contributed by atoms with van der Waals surface area (Å²) in [6.45, 7) is 3.71. The smallest absolute Gasteiger partial charge is 0.286 e. The van der Waals surface area contributed by atoms with Gasteiger partial charge >= 0.3 is 0 Å². The molecule has 1 aliphatic heterocycles. The third kappa shape index (κ3) is 3.86. The highest BCUT2D eigenvalue weighted by Gasteiger charge is 2.44. The Hall–Kier alpha value is -4.56. The first-order valence-electron chi connectivity index (χ1n) is 13.0. The molecule has 0 saturated heterocycles. The number of para-hydroxylation sites is 1. The van der Waals surface area contributed by atoms with Crippen LogP contribution in [0.1, 0.15) is 50.6 Å². The monoisotopic (exact) mass is 553 g/mol. The molecule has 0 radical (unpaired) electrons. The lowest BCUT2D eigenvalue weighted by molar-refractivity contribution is -0.126. The topological polar surface area (TPSA) is 88.4 Å². The number of amides is 3. The standard InChI is InChI=1S/C31H28ClN5O3/c1-17-27(23-11-7-8-12-25(23)35(17)3)28-21-9-5-6-10-22(21)31(40)37(28)18(2)29(38)33-34-30(39)26-16-19-15-20(32)13-14-24(19)36(26)4/h5-16,18,28H,1-4H3,(H,33,38)(H,34,39). The van der Waals surface area contributed by atoms with E-state index in [0.29, 0.717) is 16.3 Å². The van der Waals surface area contributed by atoms with Crippen LogP contribution in [0.4, 0.5) is 0 Å². The molecule has 2 unspecified atom stereocenters. The predicted octanol–water partition coefficient (Wildman–Crippen LogP) is 5.03. The quantitative estimate of drug-likeness (QED) is 0.306. The molecule has 5 aromatic rings. The minimum Gasteiger partial charge on any atom is -0.348 e. The zero-order valence-corrected chi connectivity index (χ0v) is 23.3. The van der Waals surface area contributed by atoms with Crippen LogP contribution in [-0.4, -0.2) is 37.8 Å². The van der Waals surface area contributed by atoms with Gasteiger partial charge in [0.1, 0.15) is 11.7 Å². The summed E-state index contributed by atoms with van der Waals surface area (Å²) in [5.41, 5.74) is 10.7. The van der Waals surface area contributed by atoms with Crippen molar-refractivity contribution in [2.45, 2.75) is 25.9 Å². The summed E-state index contributed by atoms with van der Waals surface area (Å²) >= 11 is 6.10. The number of nitrogens with one attached hydrogen (secondary N) is 2. The molecule has 0 aliphatic carbocycles. The molecule has 9 heteroatoms. The Morgan fingerprint density at radius 1 is 0.900 bits per heavy atom. The van der Waals surface area contributed by atoms with Gasteiger partial charge in [-0.15, -0.1) is 0 Å². The second kappa shape index (κ2) is 9.57. The van der Waals surface area contributed by atoms with Gasteiger partial charge < -0.3 is 14.0 Å². The summed E-state index contributed by atoms with van der Waals surface area (Å²) in [7, 11) is 3.77. The maximum Gasteiger partial charge on any atom is 0.286 e. The van der Waals surface area contributed by atoms with Crippen LogP contribution in [0.2, 0.25) is 5.02 Å². The molecule has 2 atom stereocenters. The van der Waals surface area contributed by atoms with Crippen molar-refractivity contribution in [1.82, 2.24) is 24.9 Å². The summed E-state index contributed by atoms with van der Waals surface area (Å²) in [6.07, 6.45) is 0. The average Bonchev–Trinajstić information content (AvgIpc) is 3.53. The molecule has 40 heavy (non-hydrogen) atoms. The number of hydrazine groups is 1. The molecule has 3 aromatic carbocycles. The van der Waals surface area contributed by atoms with Crippen LogP contribution in [0.25, 0.3) is 21.8 Å². The molecule has 3 heterocycles. The van der Waals surface area contributed by atoms with Gasteiger partial charge in [-0.3, -0.25) is 25.2 Å². The molecule has 0 saturated carbocycles. The number of hydrogen-bond donors (Lipinski definition) is 2. The maximum atomic E-state index is 13.7. The van der Waals surface area contributed by atoms with Crippen molar-refractivity contribution in [1.29, 1.82) is 0 Å². The number of carbonyl (C=O) groups excluding carboxylic acids is 3. The highest BCUT2D eigenvalue weighted by atomic mass is 35.5. The summed E-state index contributed by atoms with van der Waals surface area (Å²) < 4.78 is 3.84. The van der Waals surface area contributed by atoms with Crippen LogP contribution < -0.4 is 10.9 Å². The van der Waals surface area contributed by atoms with E-state index in [0.717, 1.165) is 38.6 Å². The highest BCUT2D eigenvalue weighted by molar-refractivity contribution is 6.31. The highest BCUT2D eigenvalue weighted by Crippen LogP contribution is 2.44. The van der Waals surface area contributed by atoms with Crippen molar-refractivity contribution in [2.75, 3.05) is 0 Å². The third-order valence-electron chi connectivity index (χ3n) is 8.05. The van der Waals surface area contributed by atoms with Crippen LogP contribution in [0.3, 0.4) is 0 Å². The summed E-state index contributed by atoms with van der Waals surface area (Å²) in [4.78, 5) is 41.8. The second-order valence-electron chi connectivity index (χ2n) is 10.2. The van der Waals surface area contributed by atoms with Gasteiger partial charge in [-0.1, -0.05) is 48.0 Å². The SMILES string of the molecule is Cc1c(C2c3ccccc3C(=O)N2C(C)C(=O)NNC(=O)c2cc3cc(Cl)ccc3n2C)c2ccccc2n1C. The molecule has 1 aliphatic rings. The van der Waals surface area contributed by atoms with Gasteiger partial charge in [-0.05, 0) is 55.8 Å². The fourth-order valence-electron chi connectivity index (χ4n) is 5.88. The number of halogens is 1. The van der Waals surface area contributed by atoms with Crippen molar-refractivity contribution in [3.63, 3.8) is 0 Å². The first-order valence-corrected chi connectivity index (χ1v) is 13.4. The summed E-state index contributed by atoms with van der Waals surface area (Å²) in [6, 6.07) is 21.3. The summed E-state index contributed by atoms with van der Waals surface area (Å²) in [5, 5.41) is 2.41. The Morgan fingerprint density at radius 2 is 1.62 bits per heavy atom. The van der Waals surface area contributed by atoms with Crippen molar-refractivity contribution < 1.29 is 14.4 Å². The first kappa shape index (κ1) is 25.7. The Bertz CT molecular complexity index is 1850. The number of carbonyl (C=O) groups is 3. The van der Waals surface area contributed by atoms with Crippen LogP contribution in [0.5, 0.6) is 0 Å². The third-order valence-corrected chi connectivity index (χ3v) is 8.29. The van der Waals surface area contributed by atoms with E-state index in [2.05, 4.69) is 15.4 Å². The number of rotatable bonds is 4. The Kier molecular flexibility index (Phi) is 6.15. The van der Waals surface area contributed by atoms with E-state index in [4.69, 9.17) is 11.6 Å². The van der Waals surface area contributed by atoms with Crippen LogP contribution in [0.15, 0.2) is 72.8 Å². The molecular formula is C31H28ClN5O3. The van der Waals surface area contributed by atoms with Crippen LogP contribution in [0, 0.1) is 6.92 Å². The molecule has 8 nitrogen and oxygen atoms in total. The molecule has 0 bridgehead atoms. The lowest BCUT2D eigenvalue weighted by Gasteiger charge is -2.31. The average molecular weight is 554 g/mol. The first-order chi connectivity index (χ1) is 19.2. The largest absolute Gasteiger partial charge is 0.348 e. The molecule has 2 aromatic heterocycles. The lowest BCUT2D eigenvalue weighted by atomic mass is 9.95. The minimum atomic E-state index is -0.880. The lowest BCUT2D eigenvalue weighted by Crippen LogP contribution is -2.52. The number of hydrogen-bond acceptors (Lipinski definition) is 3. The minimum absolute atomic E-state index is 0.229. The van der Waals surface area contributed by atoms with Gasteiger partial charge in [-0.25, -0.2) is 0 Å². The van der Waals surface area contributed by atoms with Crippen LogP contribution >= 0.6 is 11.6 Å². The molecule has 202 valence electrons. The fourth-order valence-corrected chi connectivity index (χ4v) is 6.06. The number of aromatic nitrogens is 2. The van der Waals surface area contributed by atoms with Gasteiger partial charge in [0.25, 0.3) is 17.7 Å². The molecule has 0 fully saturated rings. The number of nitrogens with zero attached hydrogens (tertiary/aromatic N) is 3. The molecular weight excluding hydrogens is 526 g/mol. The van der Waals surface area contributed by atoms with E-state index in [1.165, 1.54) is 0 Å². The Labute approximate surface area is 236 Å². The van der Waals surface area contributed by atoms with Gasteiger partial charge in [0.15, 0.2) is 0 Å². The number of fused-ring (bicyclic) bond motifs is 3. The molecule has 3 amide bonds. The van der Waals surface area contributed by atoms with Gasteiger partial charge in [0.05, 0.1) is 6.04 Å². The van der Waals surface area contributed by atoms with Crippen molar-refractivity contribution >= 4 is 51.1 Å². The van der Waals surface area contributed by atoms with E-state index in [9.17, 15) is 14.4 Å². The molecule has 6 rings (SSSR count). The van der Waals surface area contributed by atoms with E-state index in [-0.39, 0.29) is 5.91 Å². The van der Waals surface area contributed by atoms with Crippen molar-refractivity contribution in [3.05, 3.63) is 106 Å². The number of benzene rings is 3. The Balaban J connectivity index is 1.31. The fraction of sp³-hybridized carbons (Fsp3) is 0.194. The van der Waals surface area contributed by atoms with Crippen molar-refractivity contribution in [3.8, 4) is 0 Å². The zero-order chi connectivity index (χ0) is 28.3. The van der Waals surface area contributed by atoms with E-state index in [1.54, 1.807) is 47.7 Å². The predicted molar refractivity (Wildman–Crippen MR) is 155 cm³/mol. The normalized spacial score (nSPS) is 15.5. The molecule has 0 spiro atoms. The second-order valence-corrected chi connectivity index (χ2v) is 10.6. The zero-order valence-electron chi connectivity index (χ0n) is 22.5. The molecule has 2 N–H and O–H groups in total. The number of aryl methyl sites for hydroxylation is 2. The van der Waals surface area contributed by atoms with Gasteiger partial charge in [0, 0.05) is 57.7 Å². The van der Waals surface area contributed by atoms with E-state index >= 15 is 0 Å². The van der Waals surface area contributed by atoms with Crippen molar-refractivity contribution in [2.24, 2.45) is 14.1 Å². The van der Waals surface area contributed by atoms with Gasteiger partial charge in [-0.2, -0.15) is 0 Å². The summed E-state index contributed by atoms with van der Waals surface area (Å²) in [5.74, 6) is -1.21. The van der Waals surface area contributed by atoms with Gasteiger partial charge in [0.2, 0.25) is 0 Å². The van der Waals surface area contributed by atoms with E-state index in [1.807, 2.05) is 62.5 Å². The van der Waals surface area contributed by atoms with Crippen LogP contribution in [-0.2, 0) is 18.9 Å². The maximum absolute atomic E-state index is 13.7.